The van der Waals surface area contributed by atoms with Crippen molar-refractivity contribution < 1.29 is 14.6 Å². The lowest BCUT2D eigenvalue weighted by molar-refractivity contribution is 0.0357. The molecule has 0 aliphatic rings. The summed E-state index contributed by atoms with van der Waals surface area (Å²) in [6.45, 7) is 4.79. The Labute approximate surface area is 97.0 Å². The monoisotopic (exact) mass is 224 g/mol. The molecule has 1 aromatic carbocycles. The fraction of sp³-hybridized carbons (Fsp3) is 0.538. The number of phenolic OH excluding ortho intramolecular Hbond substituents is 1. The molecule has 0 unspecified atom stereocenters. The lowest BCUT2D eigenvalue weighted by Crippen LogP contribution is -2.09. The van der Waals surface area contributed by atoms with E-state index in [2.05, 4.69) is 13.8 Å². The molecular formula is C13H20O3. The number of rotatable bonds is 6. The molecule has 0 spiro atoms. The summed E-state index contributed by atoms with van der Waals surface area (Å²) in [5.41, 5.74) is 1.02. The topological polar surface area (TPSA) is 38.7 Å². The molecule has 0 saturated heterocycles. The summed E-state index contributed by atoms with van der Waals surface area (Å²) in [6.07, 6.45) is 2.34. The lowest BCUT2D eigenvalue weighted by Gasteiger charge is -2.14. The fourth-order valence-corrected chi connectivity index (χ4v) is 1.55. The van der Waals surface area contributed by atoms with Crippen molar-refractivity contribution >= 4 is 0 Å². The molecule has 1 rings (SSSR count). The minimum absolute atomic E-state index is 0.161. The van der Waals surface area contributed by atoms with Crippen LogP contribution in [0.1, 0.15) is 32.3 Å². The van der Waals surface area contributed by atoms with Gasteiger partial charge < -0.3 is 14.6 Å². The highest BCUT2D eigenvalue weighted by Crippen LogP contribution is 2.26. The first kappa shape index (κ1) is 12.8. The van der Waals surface area contributed by atoms with Crippen molar-refractivity contribution in [3.05, 3.63) is 23.8 Å². The molecule has 1 aromatic rings. The van der Waals surface area contributed by atoms with Crippen LogP contribution in [0, 0.1) is 0 Å². The molecular weight excluding hydrogens is 204 g/mol. The van der Waals surface area contributed by atoms with E-state index in [0.29, 0.717) is 18.5 Å². The van der Waals surface area contributed by atoms with Crippen LogP contribution < -0.4 is 4.74 Å². The highest BCUT2D eigenvalue weighted by Gasteiger charge is 2.06. The van der Waals surface area contributed by atoms with Gasteiger partial charge in [-0.1, -0.05) is 19.9 Å². The molecule has 0 atom stereocenters. The maximum Gasteiger partial charge on any atom is 0.160 e. The Kier molecular flexibility index (Phi) is 5.12. The first-order chi connectivity index (χ1) is 7.71. The van der Waals surface area contributed by atoms with E-state index < -0.39 is 0 Å². The van der Waals surface area contributed by atoms with E-state index in [-0.39, 0.29) is 5.75 Å². The van der Waals surface area contributed by atoms with E-state index in [1.165, 1.54) is 0 Å². The van der Waals surface area contributed by atoms with Gasteiger partial charge in [-0.25, -0.2) is 0 Å². The summed E-state index contributed by atoms with van der Waals surface area (Å²) >= 11 is 0. The van der Waals surface area contributed by atoms with Gasteiger partial charge in [-0.05, 0) is 30.5 Å². The van der Waals surface area contributed by atoms with Crippen molar-refractivity contribution in [2.75, 3.05) is 7.11 Å². The van der Waals surface area contributed by atoms with Gasteiger partial charge in [-0.3, -0.25) is 0 Å². The third kappa shape index (κ3) is 3.42. The number of aromatic hydroxyl groups is 1. The van der Waals surface area contributed by atoms with Gasteiger partial charge in [0.05, 0.1) is 19.8 Å². The molecule has 3 nitrogen and oxygen atoms in total. The molecule has 0 radical (unpaired) electrons. The van der Waals surface area contributed by atoms with Crippen molar-refractivity contribution in [1.82, 2.24) is 0 Å². The van der Waals surface area contributed by atoms with E-state index >= 15 is 0 Å². The first-order valence-corrected chi connectivity index (χ1v) is 5.68. The van der Waals surface area contributed by atoms with Gasteiger partial charge >= 0.3 is 0 Å². The smallest absolute Gasteiger partial charge is 0.160 e. The molecule has 16 heavy (non-hydrogen) atoms. The standard InChI is InChI=1S/C13H20O3/c1-4-11(5-2)16-9-10-6-7-12(14)13(8-10)15-3/h6-8,11,14H,4-5,9H2,1-3H3. The largest absolute Gasteiger partial charge is 0.504 e. The Bertz CT molecular complexity index is 319. The molecule has 0 bridgehead atoms. The molecule has 1 N–H and O–H groups in total. The van der Waals surface area contributed by atoms with Crippen LogP contribution in [0.5, 0.6) is 11.5 Å². The van der Waals surface area contributed by atoms with Crippen molar-refractivity contribution in [1.29, 1.82) is 0 Å². The van der Waals surface area contributed by atoms with E-state index in [4.69, 9.17) is 9.47 Å². The van der Waals surface area contributed by atoms with Crippen LogP contribution in [0.3, 0.4) is 0 Å². The maximum absolute atomic E-state index is 9.44. The molecule has 0 aromatic heterocycles. The minimum Gasteiger partial charge on any atom is -0.504 e. The first-order valence-electron chi connectivity index (χ1n) is 5.68. The van der Waals surface area contributed by atoms with Gasteiger partial charge in [0.2, 0.25) is 0 Å². The minimum atomic E-state index is 0.161. The Balaban J connectivity index is 2.60. The van der Waals surface area contributed by atoms with Crippen molar-refractivity contribution in [2.45, 2.75) is 39.4 Å². The second-order valence-corrected chi connectivity index (χ2v) is 3.76. The third-order valence-corrected chi connectivity index (χ3v) is 2.64. The Morgan fingerprint density at radius 3 is 2.50 bits per heavy atom. The van der Waals surface area contributed by atoms with Gasteiger partial charge in [0.15, 0.2) is 11.5 Å². The van der Waals surface area contributed by atoms with Crippen molar-refractivity contribution in [3.63, 3.8) is 0 Å². The molecule has 0 saturated carbocycles. The van der Waals surface area contributed by atoms with Crippen molar-refractivity contribution in [3.8, 4) is 11.5 Å². The summed E-state index contributed by atoms with van der Waals surface area (Å²) in [5.74, 6) is 0.652. The Hall–Kier alpha value is -1.22. The Morgan fingerprint density at radius 2 is 1.94 bits per heavy atom. The molecule has 90 valence electrons. The third-order valence-electron chi connectivity index (χ3n) is 2.64. The van der Waals surface area contributed by atoms with E-state index in [1.807, 2.05) is 6.07 Å². The SMILES string of the molecule is CCC(CC)OCc1ccc(O)c(OC)c1. The van der Waals surface area contributed by atoms with Crippen LogP contribution in [-0.4, -0.2) is 18.3 Å². The van der Waals surface area contributed by atoms with Gasteiger partial charge in [0, 0.05) is 0 Å². The predicted octanol–water partition coefficient (Wildman–Crippen LogP) is 3.11. The van der Waals surface area contributed by atoms with E-state index in [0.717, 1.165) is 18.4 Å². The summed E-state index contributed by atoms with van der Waals surface area (Å²) in [4.78, 5) is 0. The van der Waals surface area contributed by atoms with Gasteiger partial charge in [0.25, 0.3) is 0 Å². The van der Waals surface area contributed by atoms with Crippen molar-refractivity contribution in [2.24, 2.45) is 0 Å². The molecule has 0 fully saturated rings. The maximum atomic E-state index is 9.44. The zero-order valence-electron chi connectivity index (χ0n) is 10.2. The lowest BCUT2D eigenvalue weighted by atomic mass is 10.2. The summed E-state index contributed by atoms with van der Waals surface area (Å²) in [7, 11) is 1.54. The molecule has 0 amide bonds. The van der Waals surface area contributed by atoms with Crippen LogP contribution in [-0.2, 0) is 11.3 Å². The molecule has 3 heteroatoms. The number of ether oxygens (including phenoxy) is 2. The number of hydrogen-bond acceptors (Lipinski definition) is 3. The highest BCUT2D eigenvalue weighted by atomic mass is 16.5. The predicted molar refractivity (Wildman–Crippen MR) is 63.8 cm³/mol. The number of benzene rings is 1. The second-order valence-electron chi connectivity index (χ2n) is 3.76. The number of methoxy groups -OCH3 is 1. The molecule has 0 heterocycles. The van der Waals surface area contributed by atoms with E-state index in [9.17, 15) is 5.11 Å². The quantitative estimate of drug-likeness (QED) is 0.807. The van der Waals surface area contributed by atoms with Crippen LogP contribution in [0.2, 0.25) is 0 Å². The van der Waals surface area contributed by atoms with Crippen LogP contribution in [0.4, 0.5) is 0 Å². The normalized spacial score (nSPS) is 10.8. The van der Waals surface area contributed by atoms with Gasteiger partial charge in [0.1, 0.15) is 0 Å². The second kappa shape index (κ2) is 6.38. The van der Waals surface area contributed by atoms with Crippen LogP contribution >= 0.6 is 0 Å². The highest BCUT2D eigenvalue weighted by molar-refractivity contribution is 5.41. The van der Waals surface area contributed by atoms with E-state index in [1.54, 1.807) is 19.2 Å². The van der Waals surface area contributed by atoms with Crippen LogP contribution in [0.25, 0.3) is 0 Å². The zero-order valence-corrected chi connectivity index (χ0v) is 10.2. The fourth-order valence-electron chi connectivity index (χ4n) is 1.55. The zero-order chi connectivity index (χ0) is 12.0. The van der Waals surface area contributed by atoms with Gasteiger partial charge in [-0.15, -0.1) is 0 Å². The number of phenols is 1. The average molecular weight is 224 g/mol. The molecule has 0 aliphatic carbocycles. The average Bonchev–Trinajstić information content (AvgIpc) is 2.32. The summed E-state index contributed by atoms with van der Waals surface area (Å²) in [5, 5.41) is 9.44. The molecule has 0 aliphatic heterocycles. The van der Waals surface area contributed by atoms with Gasteiger partial charge in [-0.2, -0.15) is 0 Å². The summed E-state index contributed by atoms with van der Waals surface area (Å²) < 4.78 is 10.8. The summed E-state index contributed by atoms with van der Waals surface area (Å²) in [6, 6.07) is 5.28. The number of hydrogen-bond donors (Lipinski definition) is 1. The van der Waals surface area contributed by atoms with Crippen LogP contribution in [0.15, 0.2) is 18.2 Å². The Morgan fingerprint density at radius 1 is 1.25 bits per heavy atom.